The summed E-state index contributed by atoms with van der Waals surface area (Å²) in [5.41, 5.74) is 3.01. The Balaban J connectivity index is 1.83. The van der Waals surface area contributed by atoms with Crippen molar-refractivity contribution in [2.75, 3.05) is 38.3 Å². The Kier molecular flexibility index (Phi) is 5.31. The van der Waals surface area contributed by atoms with Gasteiger partial charge >= 0.3 is 0 Å². The van der Waals surface area contributed by atoms with Gasteiger partial charge in [0.25, 0.3) is 0 Å². The van der Waals surface area contributed by atoms with E-state index in [0.717, 1.165) is 53.5 Å². The highest BCUT2D eigenvalue weighted by Crippen LogP contribution is 2.27. The van der Waals surface area contributed by atoms with Crippen LogP contribution in [0.5, 0.6) is 5.75 Å². The molecule has 1 aliphatic heterocycles. The molecule has 23 heavy (non-hydrogen) atoms. The second kappa shape index (κ2) is 7.62. The zero-order valence-corrected chi connectivity index (χ0v) is 14.6. The first-order valence-corrected chi connectivity index (χ1v) is 8.36. The van der Waals surface area contributed by atoms with Crippen LogP contribution in [0.1, 0.15) is 5.56 Å². The summed E-state index contributed by atoms with van der Waals surface area (Å²) >= 11 is 3.51. The number of rotatable bonds is 4. The number of ether oxygens (including phenoxy) is 2. The van der Waals surface area contributed by atoms with Gasteiger partial charge in [-0.25, -0.2) is 0 Å². The molecule has 0 radical (unpaired) electrons. The lowest BCUT2D eigenvalue weighted by Crippen LogP contribution is -2.36. The minimum absolute atomic E-state index is 0.771. The van der Waals surface area contributed by atoms with Gasteiger partial charge in [0.05, 0.1) is 26.0 Å². The molecular weight excluding hydrogens is 356 g/mol. The Labute approximate surface area is 144 Å². The fourth-order valence-electron chi connectivity index (χ4n) is 2.52. The third-order valence-corrected chi connectivity index (χ3v) is 4.46. The number of halogens is 1. The summed E-state index contributed by atoms with van der Waals surface area (Å²) in [4.78, 5) is 6.85. The first kappa shape index (κ1) is 16.0. The van der Waals surface area contributed by atoms with E-state index < -0.39 is 0 Å². The van der Waals surface area contributed by atoms with Crippen LogP contribution in [-0.4, -0.2) is 39.6 Å². The van der Waals surface area contributed by atoms with Crippen LogP contribution in [0, 0.1) is 0 Å². The molecular formula is C18H19BrN2O2. The lowest BCUT2D eigenvalue weighted by molar-refractivity contribution is 0.122. The van der Waals surface area contributed by atoms with Crippen LogP contribution < -0.4 is 9.64 Å². The number of benzene rings is 2. The predicted molar refractivity (Wildman–Crippen MR) is 97.4 cm³/mol. The average Bonchev–Trinajstić information content (AvgIpc) is 2.61. The fraction of sp³-hybridized carbons (Fsp3) is 0.278. The summed E-state index contributed by atoms with van der Waals surface area (Å²) < 4.78 is 11.9. The van der Waals surface area contributed by atoms with Gasteiger partial charge in [-0.1, -0.05) is 12.1 Å². The van der Waals surface area contributed by atoms with E-state index in [1.807, 2.05) is 36.5 Å². The third kappa shape index (κ3) is 3.92. The highest BCUT2D eigenvalue weighted by Gasteiger charge is 2.13. The van der Waals surface area contributed by atoms with Gasteiger partial charge in [0.2, 0.25) is 0 Å². The molecule has 0 bridgehead atoms. The molecule has 2 aromatic rings. The van der Waals surface area contributed by atoms with Crippen molar-refractivity contribution < 1.29 is 9.47 Å². The van der Waals surface area contributed by atoms with Gasteiger partial charge < -0.3 is 14.4 Å². The third-order valence-electron chi connectivity index (χ3n) is 3.79. The van der Waals surface area contributed by atoms with Gasteiger partial charge in [-0.2, -0.15) is 0 Å². The number of anilines is 1. The van der Waals surface area contributed by atoms with Crippen molar-refractivity contribution in [3.63, 3.8) is 0 Å². The summed E-state index contributed by atoms with van der Waals surface area (Å²) in [7, 11) is 1.69. The molecule has 0 unspecified atom stereocenters. The Morgan fingerprint density at radius 3 is 2.70 bits per heavy atom. The molecule has 0 atom stereocenters. The number of hydrogen-bond acceptors (Lipinski definition) is 4. The second-order valence-corrected chi connectivity index (χ2v) is 6.09. The molecule has 1 aliphatic rings. The minimum atomic E-state index is 0.771. The van der Waals surface area contributed by atoms with E-state index in [-0.39, 0.29) is 0 Å². The quantitative estimate of drug-likeness (QED) is 0.757. The number of aliphatic imine (C=N–C) groups is 1. The molecule has 1 fully saturated rings. The van der Waals surface area contributed by atoms with Crippen LogP contribution in [0.4, 0.5) is 11.4 Å². The van der Waals surface area contributed by atoms with Crippen LogP contribution in [0.3, 0.4) is 0 Å². The molecule has 120 valence electrons. The Bertz CT molecular complexity index is 697. The monoisotopic (exact) mass is 374 g/mol. The number of morpholine rings is 1. The van der Waals surface area contributed by atoms with Crippen molar-refractivity contribution in [2.45, 2.75) is 0 Å². The first-order valence-electron chi connectivity index (χ1n) is 7.57. The van der Waals surface area contributed by atoms with E-state index in [4.69, 9.17) is 9.47 Å². The lowest BCUT2D eigenvalue weighted by atomic mass is 10.1. The maximum atomic E-state index is 5.53. The normalized spacial score (nSPS) is 15.1. The summed E-state index contributed by atoms with van der Waals surface area (Å²) in [6.07, 6.45) is 1.84. The molecule has 0 N–H and O–H groups in total. The van der Waals surface area contributed by atoms with Crippen LogP contribution in [0.2, 0.25) is 0 Å². The maximum Gasteiger partial charge on any atom is 0.129 e. The number of para-hydroxylation sites is 1. The average molecular weight is 375 g/mol. The van der Waals surface area contributed by atoms with Crippen molar-refractivity contribution >= 4 is 33.5 Å². The summed E-state index contributed by atoms with van der Waals surface area (Å²) in [5, 5.41) is 0. The maximum absolute atomic E-state index is 5.53. The molecule has 5 heteroatoms. The number of hydrogen-bond donors (Lipinski definition) is 0. The molecule has 0 aromatic heterocycles. The lowest BCUT2D eigenvalue weighted by Gasteiger charge is -2.29. The van der Waals surface area contributed by atoms with Gasteiger partial charge in [0.1, 0.15) is 5.75 Å². The van der Waals surface area contributed by atoms with Crippen molar-refractivity contribution in [3.05, 3.63) is 52.5 Å². The smallest absolute Gasteiger partial charge is 0.129 e. The highest BCUT2D eigenvalue weighted by atomic mass is 79.9. The predicted octanol–water partition coefficient (Wildman–Crippen LogP) is 4.04. The van der Waals surface area contributed by atoms with Gasteiger partial charge in [-0.15, -0.1) is 0 Å². The van der Waals surface area contributed by atoms with E-state index in [2.05, 4.69) is 38.0 Å². The minimum Gasteiger partial charge on any atom is -0.496 e. The SMILES string of the molecule is COc1cc(N2CCOCC2)ccc1C=Nc1ccccc1Br. The zero-order chi connectivity index (χ0) is 16.1. The van der Waals surface area contributed by atoms with Crippen molar-refractivity contribution in [1.82, 2.24) is 0 Å². The topological polar surface area (TPSA) is 34.1 Å². The van der Waals surface area contributed by atoms with Crippen molar-refractivity contribution in [1.29, 1.82) is 0 Å². The molecule has 4 nitrogen and oxygen atoms in total. The van der Waals surface area contributed by atoms with E-state index in [0.29, 0.717) is 0 Å². The first-order chi connectivity index (χ1) is 11.3. The summed E-state index contributed by atoms with van der Waals surface area (Å²) in [5.74, 6) is 0.824. The van der Waals surface area contributed by atoms with E-state index in [9.17, 15) is 0 Å². The van der Waals surface area contributed by atoms with E-state index >= 15 is 0 Å². The number of methoxy groups -OCH3 is 1. The van der Waals surface area contributed by atoms with Crippen molar-refractivity contribution in [2.24, 2.45) is 4.99 Å². The van der Waals surface area contributed by atoms with Gasteiger partial charge in [0.15, 0.2) is 0 Å². The zero-order valence-electron chi connectivity index (χ0n) is 13.0. The Morgan fingerprint density at radius 1 is 1.17 bits per heavy atom. The summed E-state index contributed by atoms with van der Waals surface area (Å²) in [6, 6.07) is 14.1. The van der Waals surface area contributed by atoms with Crippen LogP contribution in [0.25, 0.3) is 0 Å². The van der Waals surface area contributed by atoms with Crippen LogP contribution >= 0.6 is 15.9 Å². The van der Waals surface area contributed by atoms with E-state index in [1.165, 1.54) is 0 Å². The molecule has 1 saturated heterocycles. The molecule has 1 heterocycles. The Morgan fingerprint density at radius 2 is 1.96 bits per heavy atom. The standard InChI is InChI=1S/C18H19BrN2O2/c1-22-18-12-15(21-8-10-23-11-9-21)7-6-14(18)13-20-17-5-3-2-4-16(17)19/h2-7,12-13H,8-11H2,1H3. The molecule has 3 rings (SSSR count). The number of nitrogens with zero attached hydrogens (tertiary/aromatic N) is 2. The van der Waals surface area contributed by atoms with Gasteiger partial charge in [-0.05, 0) is 40.2 Å². The summed E-state index contributed by atoms with van der Waals surface area (Å²) in [6.45, 7) is 3.36. The molecule has 0 spiro atoms. The van der Waals surface area contributed by atoms with E-state index in [1.54, 1.807) is 7.11 Å². The van der Waals surface area contributed by atoms with Crippen LogP contribution in [-0.2, 0) is 4.74 Å². The molecule has 0 saturated carbocycles. The fourth-order valence-corrected chi connectivity index (χ4v) is 2.91. The molecule has 2 aromatic carbocycles. The Hall–Kier alpha value is -1.85. The van der Waals surface area contributed by atoms with Crippen molar-refractivity contribution in [3.8, 4) is 5.75 Å². The highest BCUT2D eigenvalue weighted by molar-refractivity contribution is 9.10. The molecule has 0 amide bonds. The van der Waals surface area contributed by atoms with Gasteiger partial charge in [0, 0.05) is 41.1 Å². The molecule has 0 aliphatic carbocycles. The van der Waals surface area contributed by atoms with Crippen LogP contribution in [0.15, 0.2) is 51.9 Å². The second-order valence-electron chi connectivity index (χ2n) is 5.24. The van der Waals surface area contributed by atoms with Gasteiger partial charge in [-0.3, -0.25) is 4.99 Å². The largest absolute Gasteiger partial charge is 0.496 e.